The lowest BCUT2D eigenvalue weighted by molar-refractivity contribution is 0.252. The van der Waals surface area contributed by atoms with Crippen molar-refractivity contribution in [2.75, 3.05) is 27.2 Å². The average molecular weight is 552 g/mol. The molecule has 2 aromatic heterocycles. The van der Waals surface area contributed by atoms with Gasteiger partial charge in [-0.25, -0.2) is 17.4 Å². The molecule has 1 aliphatic rings. The summed E-state index contributed by atoms with van der Waals surface area (Å²) in [5.74, 6) is 1.36. The minimum absolute atomic E-state index is 0.231. The Bertz CT molecular complexity index is 1770. The number of hydrogen-bond donors (Lipinski definition) is 0. The first-order chi connectivity index (χ1) is 19.3. The molecule has 0 aliphatic carbocycles. The Morgan fingerprint density at radius 1 is 0.875 bits per heavy atom. The molecule has 1 saturated heterocycles. The third-order valence-electron chi connectivity index (χ3n) is 8.00. The molecule has 6 rings (SSSR count). The number of aryl methyl sites for hydroxylation is 1. The summed E-state index contributed by atoms with van der Waals surface area (Å²) < 4.78 is 34.7. The van der Waals surface area contributed by atoms with Crippen LogP contribution in [0.15, 0.2) is 96.2 Å². The van der Waals surface area contributed by atoms with Gasteiger partial charge in [-0.05, 0) is 86.8 Å². The maximum Gasteiger partial charge on any atom is 0.269 e. The molecule has 7 heteroatoms. The van der Waals surface area contributed by atoms with E-state index in [1.54, 1.807) is 31.6 Å². The van der Waals surface area contributed by atoms with Crippen LogP contribution >= 0.6 is 0 Å². The highest BCUT2D eigenvalue weighted by Crippen LogP contribution is 2.39. The number of ether oxygens (including phenoxy) is 1. The van der Waals surface area contributed by atoms with Gasteiger partial charge in [0.15, 0.2) is 5.65 Å². The van der Waals surface area contributed by atoms with Crippen molar-refractivity contribution in [3.63, 3.8) is 0 Å². The Kier molecular flexibility index (Phi) is 6.94. The lowest BCUT2D eigenvalue weighted by Gasteiger charge is -2.30. The summed E-state index contributed by atoms with van der Waals surface area (Å²) in [7, 11) is 0.0452. The smallest absolute Gasteiger partial charge is 0.269 e. The Labute approximate surface area is 235 Å². The van der Waals surface area contributed by atoms with E-state index in [1.807, 2.05) is 55.5 Å². The molecule has 0 atom stereocenters. The van der Waals surface area contributed by atoms with Crippen LogP contribution in [0.25, 0.3) is 33.3 Å². The highest BCUT2D eigenvalue weighted by atomic mass is 32.2. The number of rotatable bonds is 6. The van der Waals surface area contributed by atoms with Crippen molar-refractivity contribution < 1.29 is 13.2 Å². The number of aromatic nitrogens is 2. The van der Waals surface area contributed by atoms with Crippen LogP contribution in [0.3, 0.4) is 0 Å². The topological polar surface area (TPSA) is 64.4 Å². The molecule has 3 heterocycles. The van der Waals surface area contributed by atoms with E-state index >= 15 is 0 Å². The first-order valence-electron chi connectivity index (χ1n) is 13.6. The van der Waals surface area contributed by atoms with E-state index in [1.165, 1.54) is 9.54 Å². The lowest BCUT2D eigenvalue weighted by atomic mass is 9.88. The molecule has 1 aliphatic heterocycles. The number of pyridine rings is 1. The van der Waals surface area contributed by atoms with Crippen molar-refractivity contribution in [1.82, 2.24) is 13.9 Å². The van der Waals surface area contributed by atoms with Gasteiger partial charge in [0.2, 0.25) is 0 Å². The fourth-order valence-electron chi connectivity index (χ4n) is 5.64. The zero-order chi connectivity index (χ0) is 27.9. The van der Waals surface area contributed by atoms with Crippen molar-refractivity contribution in [1.29, 1.82) is 0 Å². The van der Waals surface area contributed by atoms with E-state index in [4.69, 9.17) is 9.72 Å². The molecule has 40 heavy (non-hydrogen) atoms. The standard InChI is InChI=1S/C33H33N3O3S/c1-23-9-12-28(13-10-23)40(37,38)36-22-31(24-7-5-4-6-8-24)30-19-27(21-34-33(30)36)26-11-14-29(32(20-26)39-3)25-15-17-35(2)18-16-25/h4-14,19-22,25H,15-18H2,1-3H3. The van der Waals surface area contributed by atoms with Gasteiger partial charge in [0, 0.05) is 28.9 Å². The lowest BCUT2D eigenvalue weighted by Crippen LogP contribution is -2.29. The van der Waals surface area contributed by atoms with Gasteiger partial charge < -0.3 is 9.64 Å². The first kappa shape index (κ1) is 26.3. The highest BCUT2D eigenvalue weighted by Gasteiger charge is 2.24. The van der Waals surface area contributed by atoms with Gasteiger partial charge in [-0.1, -0.05) is 60.2 Å². The van der Waals surface area contributed by atoms with E-state index in [-0.39, 0.29) is 4.90 Å². The van der Waals surface area contributed by atoms with Crippen LogP contribution in [0.2, 0.25) is 0 Å². The average Bonchev–Trinajstić information content (AvgIpc) is 3.38. The number of fused-ring (bicyclic) bond motifs is 1. The number of benzene rings is 3. The van der Waals surface area contributed by atoms with Gasteiger partial charge >= 0.3 is 0 Å². The van der Waals surface area contributed by atoms with Gasteiger partial charge in [0.1, 0.15) is 5.75 Å². The number of methoxy groups -OCH3 is 1. The van der Waals surface area contributed by atoms with Crippen LogP contribution in [0.1, 0.15) is 29.9 Å². The summed E-state index contributed by atoms with van der Waals surface area (Å²) in [6.07, 6.45) is 5.67. The summed E-state index contributed by atoms with van der Waals surface area (Å²) >= 11 is 0. The van der Waals surface area contributed by atoms with Crippen molar-refractivity contribution in [2.24, 2.45) is 0 Å². The fourth-order valence-corrected chi connectivity index (χ4v) is 6.96. The van der Waals surface area contributed by atoms with Crippen LogP contribution in [0.4, 0.5) is 0 Å². The number of likely N-dealkylation sites (tertiary alicyclic amines) is 1. The van der Waals surface area contributed by atoms with Gasteiger partial charge in [-0.15, -0.1) is 0 Å². The quantitative estimate of drug-likeness (QED) is 0.234. The third-order valence-corrected chi connectivity index (χ3v) is 9.66. The molecular formula is C33H33N3O3S. The van der Waals surface area contributed by atoms with Crippen molar-refractivity contribution in [3.8, 4) is 28.0 Å². The molecule has 0 bridgehead atoms. The predicted molar refractivity (Wildman–Crippen MR) is 160 cm³/mol. The van der Waals surface area contributed by atoms with Gasteiger partial charge in [-0.3, -0.25) is 0 Å². The highest BCUT2D eigenvalue weighted by molar-refractivity contribution is 7.90. The summed E-state index contributed by atoms with van der Waals surface area (Å²) in [6, 6.07) is 25.2. The molecule has 0 saturated carbocycles. The number of hydrogen-bond acceptors (Lipinski definition) is 5. The van der Waals surface area contributed by atoms with Gasteiger partial charge in [0.25, 0.3) is 10.0 Å². The Hall–Kier alpha value is -3.94. The molecule has 6 nitrogen and oxygen atoms in total. The molecule has 0 N–H and O–H groups in total. The molecule has 3 aromatic carbocycles. The largest absolute Gasteiger partial charge is 0.496 e. The van der Waals surface area contributed by atoms with E-state index in [0.717, 1.165) is 64.9 Å². The molecule has 5 aromatic rings. The Balaban J connectivity index is 1.47. The third kappa shape index (κ3) is 4.80. The molecule has 0 amide bonds. The second-order valence-electron chi connectivity index (χ2n) is 10.7. The molecule has 0 spiro atoms. The first-order valence-corrected chi connectivity index (χ1v) is 15.0. The molecule has 1 fully saturated rings. The Morgan fingerprint density at radius 2 is 1.60 bits per heavy atom. The summed E-state index contributed by atoms with van der Waals surface area (Å²) in [5, 5.41) is 0.776. The van der Waals surface area contributed by atoms with E-state index in [0.29, 0.717) is 11.6 Å². The molecule has 204 valence electrons. The number of nitrogens with zero attached hydrogens (tertiary/aromatic N) is 3. The zero-order valence-corrected chi connectivity index (χ0v) is 23.9. The normalized spacial score (nSPS) is 15.0. The van der Waals surface area contributed by atoms with Crippen LogP contribution < -0.4 is 4.74 Å². The van der Waals surface area contributed by atoms with E-state index < -0.39 is 10.0 Å². The Morgan fingerprint density at radius 3 is 2.30 bits per heavy atom. The number of piperidine rings is 1. The van der Waals surface area contributed by atoms with Crippen LogP contribution in [0.5, 0.6) is 5.75 Å². The minimum Gasteiger partial charge on any atom is -0.496 e. The SMILES string of the molecule is COc1cc(-c2cnc3c(c2)c(-c2ccccc2)cn3S(=O)(=O)c2ccc(C)cc2)ccc1C1CCN(C)CC1. The van der Waals surface area contributed by atoms with E-state index in [9.17, 15) is 8.42 Å². The molecular weight excluding hydrogens is 518 g/mol. The van der Waals surface area contributed by atoms with Crippen molar-refractivity contribution in [3.05, 3.63) is 102 Å². The summed E-state index contributed by atoms with van der Waals surface area (Å²) in [4.78, 5) is 7.33. The monoisotopic (exact) mass is 551 g/mol. The van der Waals surface area contributed by atoms with E-state index in [2.05, 4.69) is 30.1 Å². The van der Waals surface area contributed by atoms with Crippen LogP contribution in [-0.4, -0.2) is 49.5 Å². The maximum atomic E-state index is 13.8. The fraction of sp³-hybridized carbons (Fsp3) is 0.242. The predicted octanol–water partition coefficient (Wildman–Crippen LogP) is 6.73. The van der Waals surface area contributed by atoms with Crippen LogP contribution in [-0.2, 0) is 10.0 Å². The van der Waals surface area contributed by atoms with Gasteiger partial charge in [0.05, 0.1) is 12.0 Å². The second-order valence-corrected chi connectivity index (χ2v) is 12.5. The molecule has 0 unspecified atom stereocenters. The van der Waals surface area contributed by atoms with Crippen molar-refractivity contribution >= 4 is 21.1 Å². The van der Waals surface area contributed by atoms with Gasteiger partial charge in [-0.2, -0.15) is 0 Å². The minimum atomic E-state index is -3.85. The maximum absolute atomic E-state index is 13.8. The van der Waals surface area contributed by atoms with Crippen LogP contribution in [0, 0.1) is 6.92 Å². The molecule has 0 radical (unpaired) electrons. The summed E-state index contributed by atoms with van der Waals surface area (Å²) in [5.41, 5.74) is 6.28. The second kappa shape index (κ2) is 10.6. The summed E-state index contributed by atoms with van der Waals surface area (Å²) in [6.45, 7) is 4.11. The van der Waals surface area contributed by atoms with Crippen molar-refractivity contribution in [2.45, 2.75) is 30.6 Å². The zero-order valence-electron chi connectivity index (χ0n) is 23.0.